The first-order valence-corrected chi connectivity index (χ1v) is 7.00. The van der Waals surface area contributed by atoms with E-state index in [0.29, 0.717) is 5.92 Å². The van der Waals surface area contributed by atoms with E-state index in [1.807, 2.05) is 30.1 Å². The number of pyridine rings is 1. The zero-order valence-electron chi connectivity index (χ0n) is 9.80. The number of ether oxygens (including phenoxy) is 1. The molecular weight excluding hydrogens is 234 g/mol. The van der Waals surface area contributed by atoms with Gasteiger partial charge in [0.25, 0.3) is 0 Å². The lowest BCUT2D eigenvalue weighted by Crippen LogP contribution is -2.11. The molecule has 1 saturated heterocycles. The molecule has 0 aromatic carbocycles. The second-order valence-corrected chi connectivity index (χ2v) is 5.46. The smallest absolute Gasteiger partial charge is 0.164 e. The van der Waals surface area contributed by atoms with Crippen LogP contribution in [0.5, 0.6) is 5.75 Å². The average Bonchev–Trinajstić information content (AvgIpc) is 2.82. The van der Waals surface area contributed by atoms with Gasteiger partial charge in [-0.25, -0.2) is 0 Å². The lowest BCUT2D eigenvalue weighted by atomic mass is 10.0. The number of aromatic nitrogens is 3. The number of thioether (sulfide) groups is 1. The largest absolute Gasteiger partial charge is 0.497 e. The van der Waals surface area contributed by atoms with E-state index >= 15 is 0 Å². The van der Waals surface area contributed by atoms with E-state index < -0.39 is 0 Å². The summed E-state index contributed by atoms with van der Waals surface area (Å²) in [4.78, 5) is 0. The molecule has 3 rings (SSSR count). The normalized spacial score (nSPS) is 17.5. The van der Waals surface area contributed by atoms with E-state index in [9.17, 15) is 0 Å². The standard InChI is InChI=1S/C12H15N3OS/c1-16-10-2-5-15-11(8-10)13-14-12(15)9-3-6-17-7-4-9/h2,5,8-9H,3-4,6-7H2,1H3. The van der Waals surface area contributed by atoms with Gasteiger partial charge in [-0.1, -0.05) is 0 Å². The Balaban J connectivity index is 1.99. The Bertz CT molecular complexity index is 519. The topological polar surface area (TPSA) is 39.4 Å². The van der Waals surface area contributed by atoms with E-state index in [4.69, 9.17) is 4.74 Å². The maximum absolute atomic E-state index is 5.19. The van der Waals surface area contributed by atoms with Crippen LogP contribution in [0.25, 0.3) is 5.65 Å². The minimum absolute atomic E-state index is 0.555. The van der Waals surface area contributed by atoms with Crippen LogP contribution in [0.4, 0.5) is 0 Å². The SMILES string of the molecule is COc1ccn2c(C3CCSCC3)nnc2c1. The summed E-state index contributed by atoms with van der Waals surface area (Å²) < 4.78 is 7.28. The number of nitrogens with zero attached hydrogens (tertiary/aromatic N) is 3. The van der Waals surface area contributed by atoms with Crippen molar-refractivity contribution in [1.29, 1.82) is 0 Å². The van der Waals surface area contributed by atoms with E-state index in [-0.39, 0.29) is 0 Å². The number of hydrogen-bond acceptors (Lipinski definition) is 4. The highest BCUT2D eigenvalue weighted by molar-refractivity contribution is 7.99. The Morgan fingerprint density at radius 3 is 2.94 bits per heavy atom. The van der Waals surface area contributed by atoms with Crippen LogP contribution in [0.1, 0.15) is 24.6 Å². The van der Waals surface area contributed by atoms with Gasteiger partial charge in [0.05, 0.1) is 7.11 Å². The van der Waals surface area contributed by atoms with Crippen molar-refractivity contribution in [2.24, 2.45) is 0 Å². The molecule has 0 N–H and O–H groups in total. The van der Waals surface area contributed by atoms with Crippen LogP contribution in [0.2, 0.25) is 0 Å². The Hall–Kier alpha value is -1.23. The first-order chi connectivity index (χ1) is 8.38. The zero-order chi connectivity index (χ0) is 11.7. The van der Waals surface area contributed by atoms with Crippen LogP contribution in [-0.4, -0.2) is 33.2 Å². The number of fused-ring (bicyclic) bond motifs is 1. The molecule has 4 nitrogen and oxygen atoms in total. The number of hydrogen-bond donors (Lipinski definition) is 0. The highest BCUT2D eigenvalue weighted by atomic mass is 32.2. The average molecular weight is 249 g/mol. The Morgan fingerprint density at radius 1 is 1.35 bits per heavy atom. The summed E-state index contributed by atoms with van der Waals surface area (Å²) in [5.74, 6) is 4.95. The summed E-state index contributed by atoms with van der Waals surface area (Å²) in [7, 11) is 1.67. The van der Waals surface area contributed by atoms with Crippen molar-refractivity contribution in [3.05, 3.63) is 24.2 Å². The second-order valence-electron chi connectivity index (χ2n) is 4.24. The van der Waals surface area contributed by atoms with E-state index in [1.54, 1.807) is 7.11 Å². The highest BCUT2D eigenvalue weighted by Crippen LogP contribution is 2.30. The van der Waals surface area contributed by atoms with Crippen molar-refractivity contribution in [2.45, 2.75) is 18.8 Å². The molecule has 0 saturated carbocycles. The predicted octanol–water partition coefficient (Wildman–Crippen LogP) is 2.35. The fourth-order valence-corrected chi connectivity index (χ4v) is 3.36. The van der Waals surface area contributed by atoms with E-state index in [1.165, 1.54) is 24.3 Å². The predicted molar refractivity (Wildman–Crippen MR) is 68.8 cm³/mol. The van der Waals surface area contributed by atoms with Crippen molar-refractivity contribution < 1.29 is 4.74 Å². The molecule has 1 fully saturated rings. The maximum atomic E-state index is 5.19. The Kier molecular flexibility index (Phi) is 2.93. The van der Waals surface area contributed by atoms with Crippen LogP contribution < -0.4 is 4.74 Å². The van der Waals surface area contributed by atoms with Crippen LogP contribution in [0.3, 0.4) is 0 Å². The maximum Gasteiger partial charge on any atom is 0.164 e. The number of methoxy groups -OCH3 is 1. The van der Waals surface area contributed by atoms with Gasteiger partial charge in [0, 0.05) is 18.2 Å². The summed E-state index contributed by atoms with van der Waals surface area (Å²) >= 11 is 2.03. The molecule has 0 bridgehead atoms. The monoisotopic (exact) mass is 249 g/mol. The van der Waals surface area contributed by atoms with Gasteiger partial charge in [0.1, 0.15) is 11.6 Å². The minimum atomic E-state index is 0.555. The van der Waals surface area contributed by atoms with Crippen molar-refractivity contribution >= 4 is 17.4 Å². The van der Waals surface area contributed by atoms with Gasteiger partial charge in [0.15, 0.2) is 5.65 Å². The van der Waals surface area contributed by atoms with Crippen molar-refractivity contribution in [3.8, 4) is 5.75 Å². The second kappa shape index (κ2) is 4.56. The fraction of sp³-hybridized carbons (Fsp3) is 0.500. The summed E-state index contributed by atoms with van der Waals surface area (Å²) in [6.07, 6.45) is 4.42. The van der Waals surface area contributed by atoms with Crippen LogP contribution in [0, 0.1) is 0 Å². The van der Waals surface area contributed by atoms with Crippen LogP contribution >= 0.6 is 11.8 Å². The molecule has 0 unspecified atom stereocenters. The Morgan fingerprint density at radius 2 is 2.18 bits per heavy atom. The zero-order valence-corrected chi connectivity index (χ0v) is 10.6. The third-order valence-electron chi connectivity index (χ3n) is 3.23. The summed E-state index contributed by atoms with van der Waals surface area (Å²) in [6.45, 7) is 0. The first kappa shape index (κ1) is 10.9. The van der Waals surface area contributed by atoms with Gasteiger partial charge in [-0.15, -0.1) is 10.2 Å². The quantitative estimate of drug-likeness (QED) is 0.819. The molecule has 0 atom stereocenters. The fourth-order valence-electron chi connectivity index (χ4n) is 2.25. The molecule has 2 aromatic rings. The molecule has 17 heavy (non-hydrogen) atoms. The highest BCUT2D eigenvalue weighted by Gasteiger charge is 2.20. The molecule has 1 aliphatic heterocycles. The van der Waals surface area contributed by atoms with Gasteiger partial charge < -0.3 is 4.74 Å². The summed E-state index contributed by atoms with van der Waals surface area (Å²) in [6, 6.07) is 3.88. The third kappa shape index (κ3) is 1.99. The minimum Gasteiger partial charge on any atom is -0.497 e. The molecule has 0 radical (unpaired) electrons. The Labute approximate surface area is 104 Å². The molecule has 0 aliphatic carbocycles. The van der Waals surface area contributed by atoms with Crippen molar-refractivity contribution in [3.63, 3.8) is 0 Å². The lowest BCUT2D eigenvalue weighted by Gasteiger charge is -2.19. The molecular formula is C12H15N3OS. The van der Waals surface area contributed by atoms with Gasteiger partial charge in [-0.05, 0) is 30.4 Å². The summed E-state index contributed by atoms with van der Waals surface area (Å²) in [5, 5.41) is 8.57. The van der Waals surface area contributed by atoms with Gasteiger partial charge in [0.2, 0.25) is 0 Å². The number of rotatable bonds is 2. The molecule has 1 aliphatic rings. The van der Waals surface area contributed by atoms with Gasteiger partial charge >= 0.3 is 0 Å². The molecule has 0 spiro atoms. The summed E-state index contributed by atoms with van der Waals surface area (Å²) in [5.41, 5.74) is 0.873. The van der Waals surface area contributed by atoms with E-state index in [0.717, 1.165) is 17.2 Å². The van der Waals surface area contributed by atoms with Crippen LogP contribution in [-0.2, 0) is 0 Å². The van der Waals surface area contributed by atoms with Crippen molar-refractivity contribution in [2.75, 3.05) is 18.6 Å². The molecule has 90 valence electrons. The molecule has 0 amide bonds. The van der Waals surface area contributed by atoms with E-state index in [2.05, 4.69) is 14.6 Å². The third-order valence-corrected chi connectivity index (χ3v) is 4.28. The lowest BCUT2D eigenvalue weighted by molar-refractivity contribution is 0.414. The first-order valence-electron chi connectivity index (χ1n) is 5.85. The molecule has 5 heteroatoms. The van der Waals surface area contributed by atoms with Gasteiger partial charge in [-0.2, -0.15) is 11.8 Å². The molecule has 3 heterocycles. The van der Waals surface area contributed by atoms with Crippen molar-refractivity contribution in [1.82, 2.24) is 14.6 Å². The van der Waals surface area contributed by atoms with Gasteiger partial charge in [-0.3, -0.25) is 4.40 Å². The molecule has 2 aromatic heterocycles. The van der Waals surface area contributed by atoms with Crippen LogP contribution in [0.15, 0.2) is 18.3 Å².